The van der Waals surface area contributed by atoms with Gasteiger partial charge in [-0.1, -0.05) is 21.6 Å². The normalized spacial score (nSPS) is 11.0. The summed E-state index contributed by atoms with van der Waals surface area (Å²) in [6.45, 7) is 8.03. The quantitative estimate of drug-likeness (QED) is 0.302. The predicted octanol–water partition coefficient (Wildman–Crippen LogP) is 1.66. The van der Waals surface area contributed by atoms with Crippen molar-refractivity contribution in [2.24, 2.45) is 0 Å². The Morgan fingerprint density at radius 2 is 1.84 bits per heavy atom. The lowest BCUT2D eigenvalue weighted by Crippen LogP contribution is -2.34. The first-order valence-corrected chi connectivity index (χ1v) is 10.2. The maximum Gasteiger partial charge on any atom is 0.407 e. The van der Waals surface area contributed by atoms with Crippen molar-refractivity contribution in [1.82, 2.24) is 15.6 Å². The standard InChI is InChI=1S/C15H24N4O4S2/c1-11-9-18-12(10-19(11)22)13(20)16-5-7-24-25-8-6-17-14(21)23-15(2,3)4/h9-10H,5-8H2,1-4H3,(H,16,20)(H,17,21). The number of nitrogens with one attached hydrogen (secondary N) is 2. The van der Waals surface area contributed by atoms with Gasteiger partial charge >= 0.3 is 6.09 Å². The van der Waals surface area contributed by atoms with Gasteiger partial charge in [0, 0.05) is 31.5 Å². The molecule has 0 unspecified atom stereocenters. The molecule has 0 radical (unpaired) electrons. The molecule has 0 aliphatic rings. The van der Waals surface area contributed by atoms with Crippen LogP contribution in [0.5, 0.6) is 0 Å². The number of nitrogens with zero attached hydrogens (tertiary/aromatic N) is 2. The summed E-state index contributed by atoms with van der Waals surface area (Å²) in [5.74, 6) is 1.06. The molecule has 0 spiro atoms. The van der Waals surface area contributed by atoms with E-state index in [0.29, 0.717) is 29.3 Å². The van der Waals surface area contributed by atoms with E-state index in [4.69, 9.17) is 4.74 Å². The lowest BCUT2D eigenvalue weighted by Gasteiger charge is -2.19. The zero-order valence-corrected chi connectivity index (χ0v) is 16.5. The number of hydrogen-bond donors (Lipinski definition) is 2. The summed E-state index contributed by atoms with van der Waals surface area (Å²) in [6, 6.07) is 0. The van der Waals surface area contributed by atoms with E-state index >= 15 is 0 Å². The Hall–Kier alpha value is -1.68. The third kappa shape index (κ3) is 9.40. The Bertz CT molecular complexity index is 593. The molecule has 8 nitrogen and oxygen atoms in total. The molecule has 0 aromatic carbocycles. The highest BCUT2D eigenvalue weighted by atomic mass is 33.1. The van der Waals surface area contributed by atoms with E-state index in [-0.39, 0.29) is 11.6 Å². The van der Waals surface area contributed by atoms with Crippen molar-refractivity contribution in [2.45, 2.75) is 33.3 Å². The fraction of sp³-hybridized carbons (Fsp3) is 0.600. The molecule has 0 aliphatic heterocycles. The summed E-state index contributed by atoms with van der Waals surface area (Å²) in [7, 11) is 3.17. The van der Waals surface area contributed by atoms with Crippen molar-refractivity contribution in [1.29, 1.82) is 0 Å². The molecule has 0 bridgehead atoms. The van der Waals surface area contributed by atoms with E-state index in [9.17, 15) is 14.8 Å². The molecule has 140 valence electrons. The van der Waals surface area contributed by atoms with Crippen LogP contribution in [0.4, 0.5) is 4.79 Å². The van der Waals surface area contributed by atoms with Gasteiger partial charge in [-0.2, -0.15) is 4.73 Å². The molecule has 0 atom stereocenters. The summed E-state index contributed by atoms with van der Waals surface area (Å²) >= 11 is 0. The smallest absolute Gasteiger partial charge is 0.407 e. The van der Waals surface area contributed by atoms with Crippen molar-refractivity contribution in [3.8, 4) is 0 Å². The first-order valence-electron chi connectivity index (χ1n) is 7.74. The van der Waals surface area contributed by atoms with Gasteiger partial charge in [0.05, 0.1) is 6.20 Å². The highest BCUT2D eigenvalue weighted by molar-refractivity contribution is 8.76. The monoisotopic (exact) mass is 388 g/mol. The second-order valence-corrected chi connectivity index (χ2v) is 8.77. The maximum absolute atomic E-state index is 11.8. The second-order valence-electron chi connectivity index (χ2n) is 6.07. The minimum Gasteiger partial charge on any atom is -0.618 e. The molecule has 1 rings (SSSR count). The van der Waals surface area contributed by atoms with Gasteiger partial charge in [-0.15, -0.1) is 0 Å². The van der Waals surface area contributed by atoms with Crippen LogP contribution in [0.25, 0.3) is 0 Å². The molecule has 1 aromatic heterocycles. The minimum atomic E-state index is -0.498. The maximum atomic E-state index is 11.8. The molecule has 0 saturated carbocycles. The highest BCUT2D eigenvalue weighted by Crippen LogP contribution is 2.19. The number of carbonyl (C=O) groups is 2. The fourth-order valence-electron chi connectivity index (χ4n) is 1.51. The summed E-state index contributed by atoms with van der Waals surface area (Å²) < 4.78 is 5.74. The Kier molecular flexibility index (Phi) is 8.84. The zero-order chi connectivity index (χ0) is 18.9. The fourth-order valence-corrected chi connectivity index (χ4v) is 3.32. The van der Waals surface area contributed by atoms with Crippen LogP contribution >= 0.6 is 21.6 Å². The van der Waals surface area contributed by atoms with Gasteiger partial charge in [-0.25, -0.2) is 9.78 Å². The van der Waals surface area contributed by atoms with Gasteiger partial charge in [-0.05, 0) is 20.8 Å². The van der Waals surface area contributed by atoms with E-state index in [1.165, 1.54) is 6.20 Å². The van der Waals surface area contributed by atoms with Crippen molar-refractivity contribution in [3.05, 3.63) is 29.0 Å². The molecule has 0 aliphatic carbocycles. The summed E-state index contributed by atoms with van der Waals surface area (Å²) in [5.41, 5.74) is 0.0327. The van der Waals surface area contributed by atoms with Crippen LogP contribution in [-0.2, 0) is 4.74 Å². The van der Waals surface area contributed by atoms with Crippen LogP contribution < -0.4 is 15.4 Å². The summed E-state index contributed by atoms with van der Waals surface area (Å²) in [6.07, 6.45) is 2.10. The Labute approximate surface area is 155 Å². The Balaban J connectivity index is 2.07. The predicted molar refractivity (Wildman–Crippen MR) is 99.4 cm³/mol. The number of carbonyl (C=O) groups excluding carboxylic acids is 2. The number of aryl methyl sites for hydroxylation is 1. The third-order valence-corrected chi connectivity index (χ3v) is 5.03. The molecular formula is C15H24N4O4S2. The first kappa shape index (κ1) is 21.4. The van der Waals surface area contributed by atoms with Crippen LogP contribution in [0.15, 0.2) is 12.4 Å². The number of amides is 2. The van der Waals surface area contributed by atoms with Gasteiger partial charge in [0.25, 0.3) is 5.91 Å². The van der Waals surface area contributed by atoms with E-state index in [0.717, 1.165) is 11.9 Å². The Morgan fingerprint density at radius 1 is 1.24 bits per heavy atom. The average Bonchev–Trinajstić information content (AvgIpc) is 2.50. The van der Waals surface area contributed by atoms with Gasteiger partial charge in [0.1, 0.15) is 5.60 Å². The largest absolute Gasteiger partial charge is 0.618 e. The molecule has 1 heterocycles. The number of ether oxygens (including phenoxy) is 1. The van der Waals surface area contributed by atoms with Crippen LogP contribution in [0, 0.1) is 12.1 Å². The first-order chi connectivity index (χ1) is 11.7. The summed E-state index contributed by atoms with van der Waals surface area (Å²) in [4.78, 5) is 27.2. The van der Waals surface area contributed by atoms with Gasteiger partial charge < -0.3 is 20.6 Å². The number of rotatable bonds is 8. The van der Waals surface area contributed by atoms with Crippen molar-refractivity contribution in [3.63, 3.8) is 0 Å². The van der Waals surface area contributed by atoms with Crippen LogP contribution in [0.1, 0.15) is 37.0 Å². The van der Waals surface area contributed by atoms with Crippen LogP contribution in [0.2, 0.25) is 0 Å². The SMILES string of the molecule is Cc1cnc(C(=O)NCCSSCCNC(=O)OC(C)(C)C)c[n+]1[O-]. The van der Waals surface area contributed by atoms with Crippen molar-refractivity contribution in [2.75, 3.05) is 24.6 Å². The minimum absolute atomic E-state index is 0.0970. The zero-order valence-electron chi connectivity index (χ0n) is 14.8. The van der Waals surface area contributed by atoms with Crippen molar-refractivity contribution < 1.29 is 19.1 Å². The molecule has 1 aromatic rings. The van der Waals surface area contributed by atoms with E-state index < -0.39 is 11.7 Å². The number of aromatic nitrogens is 2. The molecule has 10 heteroatoms. The number of hydrogen-bond acceptors (Lipinski definition) is 7. The topological polar surface area (TPSA) is 107 Å². The third-order valence-electron chi connectivity index (χ3n) is 2.62. The molecular weight excluding hydrogens is 364 g/mol. The molecule has 2 amide bonds. The van der Waals surface area contributed by atoms with Crippen molar-refractivity contribution >= 4 is 33.6 Å². The lowest BCUT2D eigenvalue weighted by atomic mass is 10.2. The van der Waals surface area contributed by atoms with Gasteiger partial charge in [-0.3, -0.25) is 4.79 Å². The van der Waals surface area contributed by atoms with E-state index in [1.54, 1.807) is 28.5 Å². The van der Waals surface area contributed by atoms with Crippen LogP contribution in [-0.4, -0.2) is 47.2 Å². The van der Waals surface area contributed by atoms with E-state index in [1.807, 2.05) is 20.8 Å². The average molecular weight is 389 g/mol. The van der Waals surface area contributed by atoms with Gasteiger partial charge in [0.15, 0.2) is 5.69 Å². The lowest BCUT2D eigenvalue weighted by molar-refractivity contribution is -0.613. The summed E-state index contributed by atoms with van der Waals surface area (Å²) in [5, 5.41) is 16.8. The molecule has 0 saturated heterocycles. The second kappa shape index (κ2) is 10.3. The number of alkyl carbamates (subject to hydrolysis) is 1. The van der Waals surface area contributed by atoms with Gasteiger partial charge in [0.2, 0.25) is 11.9 Å². The molecule has 2 N–H and O–H groups in total. The van der Waals surface area contributed by atoms with E-state index in [2.05, 4.69) is 15.6 Å². The molecule has 0 fully saturated rings. The Morgan fingerprint density at radius 3 is 2.40 bits per heavy atom. The molecule has 25 heavy (non-hydrogen) atoms. The van der Waals surface area contributed by atoms with Crippen LogP contribution in [0.3, 0.4) is 0 Å². The highest BCUT2D eigenvalue weighted by Gasteiger charge is 2.15.